The smallest absolute Gasteiger partial charge is 0.325 e. The van der Waals surface area contributed by atoms with E-state index >= 15 is 0 Å². The van der Waals surface area contributed by atoms with Gasteiger partial charge in [0.25, 0.3) is 0 Å². The molecule has 3 N–H and O–H groups in total. The quantitative estimate of drug-likeness (QED) is 0.0541. The summed E-state index contributed by atoms with van der Waals surface area (Å²) in [6.45, 7) is 37.1. The molecule has 99 heavy (non-hydrogen) atoms. The minimum atomic E-state index is -0.738. The number of rotatable bonds is 29. The van der Waals surface area contributed by atoms with Gasteiger partial charge < -0.3 is 54.0 Å². The third-order valence-corrected chi connectivity index (χ3v) is 14.7. The van der Waals surface area contributed by atoms with Gasteiger partial charge in [0.15, 0.2) is 0 Å². The van der Waals surface area contributed by atoms with Gasteiger partial charge in [0, 0.05) is 131 Å². The summed E-state index contributed by atoms with van der Waals surface area (Å²) in [5.41, 5.74) is -4.32. The molecule has 0 radical (unpaired) electrons. The Bertz CT molecular complexity index is 2480. The van der Waals surface area contributed by atoms with Gasteiger partial charge in [-0.25, -0.2) is 0 Å². The lowest BCUT2D eigenvalue weighted by Gasteiger charge is -2.34. The van der Waals surface area contributed by atoms with Crippen LogP contribution in [0.4, 0.5) is 0 Å². The topological polar surface area (TPSA) is 318 Å². The van der Waals surface area contributed by atoms with Crippen molar-refractivity contribution in [2.45, 2.75) is 184 Å². The van der Waals surface area contributed by atoms with Crippen molar-refractivity contribution in [1.29, 1.82) is 0 Å². The minimum Gasteiger partial charge on any atom is -0.468 e. The Kier molecular flexibility index (Phi) is 38.6. The molecule has 30 nitrogen and oxygen atoms in total. The van der Waals surface area contributed by atoms with Crippen molar-refractivity contribution in [2.24, 2.45) is 0 Å². The first kappa shape index (κ1) is 88.9. The molecule has 0 spiro atoms. The number of nitrogens with one attached hydrogen (secondary N) is 3. The van der Waals surface area contributed by atoms with E-state index in [9.17, 15) is 52.7 Å². The number of hydrogen-bond donors (Lipinski definition) is 3. The Morgan fingerprint density at radius 3 is 0.788 bits per heavy atom. The minimum absolute atomic E-state index is 0.00430. The van der Waals surface area contributed by atoms with Crippen LogP contribution < -0.4 is 16.0 Å². The fourth-order valence-electron chi connectivity index (χ4n) is 10.3. The zero-order chi connectivity index (χ0) is 75.0. The van der Waals surface area contributed by atoms with Crippen molar-refractivity contribution in [3.8, 4) is 0 Å². The highest BCUT2D eigenvalue weighted by atomic mass is 16.6. The van der Waals surface area contributed by atoms with E-state index in [0.717, 1.165) is 0 Å². The predicted molar refractivity (Wildman–Crippen MR) is 373 cm³/mol. The summed E-state index contributed by atoms with van der Waals surface area (Å²) in [4.78, 5) is 163. The fourth-order valence-corrected chi connectivity index (χ4v) is 10.3. The van der Waals surface area contributed by atoms with Crippen LogP contribution >= 0.6 is 0 Å². The number of hydrogen-bond acceptors (Lipinski definition) is 26. The first-order valence-electron chi connectivity index (χ1n) is 35.0. The Balaban J connectivity index is 2.25. The van der Waals surface area contributed by atoms with E-state index in [0.29, 0.717) is 131 Å². The summed E-state index contributed by atoms with van der Waals surface area (Å²) in [6.07, 6.45) is 1.48. The molecule has 2 rings (SSSR count). The highest BCUT2D eigenvalue weighted by Gasteiger charge is 2.30. The van der Waals surface area contributed by atoms with E-state index in [-0.39, 0.29) is 89.6 Å². The first-order valence-corrected chi connectivity index (χ1v) is 35.0. The monoisotopic (exact) mass is 1410 g/mol. The Labute approximate surface area is 590 Å². The highest BCUT2D eigenvalue weighted by Crippen LogP contribution is 2.15. The van der Waals surface area contributed by atoms with Gasteiger partial charge in [-0.1, -0.05) is 6.42 Å². The van der Waals surface area contributed by atoms with E-state index in [1.807, 2.05) is 39.2 Å². The average molecular weight is 1410 g/mol. The molecule has 0 unspecified atom stereocenters. The molecule has 570 valence electrons. The molecule has 2 fully saturated rings. The van der Waals surface area contributed by atoms with Gasteiger partial charge in [-0.3, -0.25) is 91.9 Å². The van der Waals surface area contributed by atoms with E-state index in [1.54, 1.807) is 125 Å². The number of methoxy groups -OCH3 is 1. The van der Waals surface area contributed by atoms with Crippen LogP contribution in [0.5, 0.6) is 0 Å². The molecule has 0 bridgehead atoms. The zero-order valence-corrected chi connectivity index (χ0v) is 63.7. The van der Waals surface area contributed by atoms with Crippen LogP contribution in [0, 0.1) is 0 Å². The van der Waals surface area contributed by atoms with Crippen molar-refractivity contribution in [1.82, 2.24) is 60.0 Å². The van der Waals surface area contributed by atoms with Crippen molar-refractivity contribution >= 4 is 65.4 Å². The number of esters is 7. The molecule has 2 saturated heterocycles. The van der Waals surface area contributed by atoms with Crippen LogP contribution in [0.15, 0.2) is 0 Å². The molecule has 30 heteroatoms. The van der Waals surface area contributed by atoms with Gasteiger partial charge >= 0.3 is 41.8 Å². The lowest BCUT2D eigenvalue weighted by molar-refractivity contribution is -0.158. The molecular weight excluding hydrogens is 1280 g/mol. The van der Waals surface area contributed by atoms with E-state index in [4.69, 9.17) is 28.4 Å². The molecule has 0 aromatic rings. The number of unbranched alkanes of at least 4 members (excludes halogenated alkanes) is 2. The predicted octanol–water partition coefficient (Wildman–Crippen LogP) is 1.39. The lowest BCUT2D eigenvalue weighted by Crippen LogP contribution is -2.51. The van der Waals surface area contributed by atoms with E-state index in [2.05, 4.69) is 20.7 Å². The third-order valence-electron chi connectivity index (χ3n) is 14.7. The maximum atomic E-state index is 13.9. The molecule has 4 amide bonds. The Morgan fingerprint density at radius 2 is 0.545 bits per heavy atom. The largest absolute Gasteiger partial charge is 0.468 e. The van der Waals surface area contributed by atoms with Crippen LogP contribution in [0.25, 0.3) is 0 Å². The summed E-state index contributed by atoms with van der Waals surface area (Å²) in [5.74, 6) is -4.84. The first-order chi connectivity index (χ1) is 45.7. The van der Waals surface area contributed by atoms with E-state index in [1.165, 1.54) is 12.0 Å². The molecule has 0 aromatic carbocycles. The lowest BCUT2D eigenvalue weighted by atomic mass is 10.1. The number of carbonyl (C=O) groups is 11. The van der Waals surface area contributed by atoms with Crippen LogP contribution in [-0.4, -0.2) is 340 Å². The summed E-state index contributed by atoms with van der Waals surface area (Å²) in [5, 5.41) is 8.36. The van der Waals surface area contributed by atoms with Crippen molar-refractivity contribution in [3.05, 3.63) is 0 Å². The summed E-state index contributed by atoms with van der Waals surface area (Å²) < 4.78 is 38.7. The van der Waals surface area contributed by atoms with Gasteiger partial charge in [0.2, 0.25) is 23.6 Å². The van der Waals surface area contributed by atoms with Crippen molar-refractivity contribution < 1.29 is 85.9 Å². The summed E-state index contributed by atoms with van der Waals surface area (Å²) in [7, 11) is 1.18. The standard InChI is InChI=1S/C69H126N12O18/c1-64(2,3)94-58(87)47-75-31-27-73(28-32-76(48-59(88)95-65(4,5)6)36-40-79(39-35-75)51-62(91)98-68(13,14)15)44-53(82)70-24-22-20-21-23-56(85)81(46-55(84)72-43-57(86)93-19)26-25-71-54(83)45-74-29-33-77(49-60(89)96-66(7,8)9)37-41-80(52-63(92)99-69(16,17)18)42-38-78(34-30-74)50-61(90)97-67(10,11)12/h20-52H2,1-19H3,(H,70,82)(H,71,83)(H,72,84). The number of amides is 4. The van der Waals surface area contributed by atoms with Crippen molar-refractivity contribution in [3.63, 3.8) is 0 Å². The van der Waals surface area contributed by atoms with Gasteiger partial charge in [-0.2, -0.15) is 0 Å². The second kappa shape index (κ2) is 43.0. The highest BCUT2D eigenvalue weighted by molar-refractivity contribution is 5.87. The number of carbonyl (C=O) groups excluding carboxylic acids is 11. The Hall–Kier alpha value is -6.15. The zero-order valence-electron chi connectivity index (χ0n) is 63.7. The fraction of sp³-hybridized carbons (Fsp3) is 0.841. The second-order valence-corrected chi connectivity index (χ2v) is 31.4. The van der Waals surface area contributed by atoms with Crippen LogP contribution in [0.3, 0.4) is 0 Å². The van der Waals surface area contributed by atoms with E-state index < -0.39 is 94.4 Å². The van der Waals surface area contributed by atoms with Crippen LogP contribution in [-0.2, 0) is 85.9 Å². The van der Waals surface area contributed by atoms with Gasteiger partial charge in [0.1, 0.15) is 40.2 Å². The molecule has 2 heterocycles. The average Bonchev–Trinajstić information content (AvgIpc) is 0.908. The third kappa shape index (κ3) is 46.8. The van der Waals surface area contributed by atoms with Gasteiger partial charge in [-0.15, -0.1) is 0 Å². The second-order valence-electron chi connectivity index (χ2n) is 31.4. The maximum absolute atomic E-state index is 13.9. The molecular formula is C69H126N12O18. The molecule has 2 aliphatic rings. The summed E-state index contributed by atoms with van der Waals surface area (Å²) in [6, 6.07) is 0. The SMILES string of the molecule is COC(=O)CNC(=O)CN(CCNC(=O)CN1CCN(CC(=O)OC(C)(C)C)CCN(CC(=O)OC(C)(C)C)CCN(CC(=O)OC(C)(C)C)CC1)C(=O)CCCCCNC(=O)CN1CCN(CC(=O)OC(C)(C)C)CCN(CC(=O)OC(C)(C)C)CCN(CC(=O)OC(C)(C)C)CC1. The molecule has 0 atom stereocenters. The number of ether oxygens (including phenoxy) is 7. The molecule has 0 aromatic heterocycles. The molecule has 0 aliphatic carbocycles. The van der Waals surface area contributed by atoms with Crippen molar-refractivity contribution in [2.75, 3.05) is 197 Å². The molecule has 0 saturated carbocycles. The van der Waals surface area contributed by atoms with Crippen LogP contribution in [0.1, 0.15) is 150 Å². The van der Waals surface area contributed by atoms with Gasteiger partial charge in [0.05, 0.1) is 66.0 Å². The van der Waals surface area contributed by atoms with Gasteiger partial charge in [-0.05, 0) is 137 Å². The molecule has 2 aliphatic heterocycles. The van der Waals surface area contributed by atoms with Crippen LogP contribution in [0.2, 0.25) is 0 Å². The summed E-state index contributed by atoms with van der Waals surface area (Å²) >= 11 is 0. The Morgan fingerprint density at radius 1 is 0.303 bits per heavy atom. The normalized spacial score (nSPS) is 17.0. The number of nitrogens with zero attached hydrogens (tertiary/aromatic N) is 9. The maximum Gasteiger partial charge on any atom is 0.325 e.